The first-order valence-corrected chi connectivity index (χ1v) is 5.22. The normalized spacial score (nSPS) is 32.1. The largest absolute Gasteiger partial charge is 0.393 e. The zero-order valence-corrected chi connectivity index (χ0v) is 8.95. The van der Waals surface area contributed by atoms with Gasteiger partial charge in [-0.1, -0.05) is 0 Å². The Morgan fingerprint density at radius 2 is 1.85 bits per heavy atom. The maximum absolute atomic E-state index is 9.37. The molecular formula is C10H22N2O. The zero-order chi connectivity index (χ0) is 9.84. The van der Waals surface area contributed by atoms with Gasteiger partial charge in [-0.25, -0.2) is 0 Å². The Balaban J connectivity index is 2.35. The highest BCUT2D eigenvalue weighted by Crippen LogP contribution is 2.22. The SMILES string of the molecule is CNC(C)N(C)C1CCC(O)CC1. The van der Waals surface area contributed by atoms with Crippen LogP contribution in [-0.4, -0.2) is 42.4 Å². The van der Waals surface area contributed by atoms with Crippen molar-refractivity contribution >= 4 is 0 Å². The molecule has 13 heavy (non-hydrogen) atoms. The molecule has 2 N–H and O–H groups in total. The van der Waals surface area contributed by atoms with Crippen molar-refractivity contribution in [1.82, 2.24) is 10.2 Å². The lowest BCUT2D eigenvalue weighted by Gasteiger charge is -2.36. The fraction of sp³-hybridized carbons (Fsp3) is 1.00. The lowest BCUT2D eigenvalue weighted by molar-refractivity contribution is 0.0647. The third-order valence-corrected chi connectivity index (χ3v) is 3.27. The summed E-state index contributed by atoms with van der Waals surface area (Å²) in [5.41, 5.74) is 0. The maximum Gasteiger partial charge on any atom is 0.0565 e. The van der Waals surface area contributed by atoms with E-state index in [1.165, 1.54) is 0 Å². The van der Waals surface area contributed by atoms with Crippen molar-refractivity contribution in [3.05, 3.63) is 0 Å². The molecule has 3 nitrogen and oxygen atoms in total. The van der Waals surface area contributed by atoms with Crippen molar-refractivity contribution in [2.45, 2.75) is 50.9 Å². The van der Waals surface area contributed by atoms with Gasteiger partial charge >= 0.3 is 0 Å². The molecule has 1 aliphatic rings. The van der Waals surface area contributed by atoms with Gasteiger partial charge < -0.3 is 10.4 Å². The van der Waals surface area contributed by atoms with Crippen LogP contribution in [0.3, 0.4) is 0 Å². The van der Waals surface area contributed by atoms with E-state index in [2.05, 4.69) is 24.2 Å². The Kier molecular flexibility index (Phi) is 4.16. The van der Waals surface area contributed by atoms with E-state index < -0.39 is 0 Å². The van der Waals surface area contributed by atoms with Gasteiger partial charge in [0.15, 0.2) is 0 Å². The van der Waals surface area contributed by atoms with Crippen LogP contribution in [-0.2, 0) is 0 Å². The van der Waals surface area contributed by atoms with Gasteiger partial charge in [0.05, 0.1) is 12.3 Å². The average molecular weight is 186 g/mol. The van der Waals surface area contributed by atoms with Crippen LogP contribution in [0.25, 0.3) is 0 Å². The number of rotatable bonds is 3. The molecule has 0 amide bonds. The molecule has 78 valence electrons. The topological polar surface area (TPSA) is 35.5 Å². The van der Waals surface area contributed by atoms with E-state index in [1.54, 1.807) is 0 Å². The van der Waals surface area contributed by atoms with Gasteiger partial charge in [-0.2, -0.15) is 0 Å². The summed E-state index contributed by atoms with van der Waals surface area (Å²) in [6.07, 6.45) is 4.57. The molecule has 0 aromatic heterocycles. The minimum Gasteiger partial charge on any atom is -0.393 e. The van der Waals surface area contributed by atoms with E-state index in [0.717, 1.165) is 25.7 Å². The molecule has 0 spiro atoms. The van der Waals surface area contributed by atoms with Gasteiger partial charge in [-0.15, -0.1) is 0 Å². The second kappa shape index (κ2) is 4.94. The van der Waals surface area contributed by atoms with Crippen LogP contribution in [0.15, 0.2) is 0 Å². The number of aliphatic hydroxyl groups excluding tert-OH is 1. The molecular weight excluding hydrogens is 164 g/mol. The van der Waals surface area contributed by atoms with Crippen LogP contribution in [0.5, 0.6) is 0 Å². The Hall–Kier alpha value is -0.120. The minimum absolute atomic E-state index is 0.0467. The van der Waals surface area contributed by atoms with Crippen molar-refractivity contribution in [2.24, 2.45) is 0 Å². The number of aliphatic hydroxyl groups is 1. The molecule has 0 radical (unpaired) electrons. The molecule has 1 unspecified atom stereocenters. The highest BCUT2D eigenvalue weighted by Gasteiger charge is 2.24. The summed E-state index contributed by atoms with van der Waals surface area (Å²) in [4.78, 5) is 2.37. The quantitative estimate of drug-likeness (QED) is 0.640. The molecule has 1 fully saturated rings. The second-order valence-corrected chi connectivity index (χ2v) is 4.09. The fourth-order valence-corrected chi connectivity index (χ4v) is 1.99. The average Bonchev–Trinajstić information content (AvgIpc) is 2.17. The molecule has 0 saturated heterocycles. The van der Waals surface area contributed by atoms with E-state index in [9.17, 15) is 5.11 Å². The van der Waals surface area contributed by atoms with E-state index in [0.29, 0.717) is 12.2 Å². The first-order chi connectivity index (χ1) is 6.15. The molecule has 1 atom stereocenters. The molecule has 0 aromatic rings. The standard InChI is InChI=1S/C10H22N2O/c1-8(11-2)12(3)9-4-6-10(13)7-5-9/h8-11,13H,4-7H2,1-3H3. The van der Waals surface area contributed by atoms with Crippen LogP contribution in [0.4, 0.5) is 0 Å². The van der Waals surface area contributed by atoms with Gasteiger partial charge in [-0.05, 0) is 46.7 Å². The summed E-state index contributed by atoms with van der Waals surface area (Å²) < 4.78 is 0. The molecule has 1 aliphatic carbocycles. The van der Waals surface area contributed by atoms with Crippen LogP contribution in [0.1, 0.15) is 32.6 Å². The lowest BCUT2D eigenvalue weighted by Crippen LogP contribution is -2.47. The molecule has 3 heteroatoms. The Morgan fingerprint density at radius 1 is 1.31 bits per heavy atom. The summed E-state index contributed by atoms with van der Waals surface area (Å²) in [6.45, 7) is 2.17. The second-order valence-electron chi connectivity index (χ2n) is 4.09. The van der Waals surface area contributed by atoms with Crippen LogP contribution >= 0.6 is 0 Å². The number of nitrogens with one attached hydrogen (secondary N) is 1. The number of nitrogens with zero attached hydrogens (tertiary/aromatic N) is 1. The summed E-state index contributed by atoms with van der Waals surface area (Å²) in [6, 6.07) is 0.644. The number of hydrogen-bond donors (Lipinski definition) is 2. The van der Waals surface area contributed by atoms with Gasteiger partial charge in [0.25, 0.3) is 0 Å². The maximum atomic E-state index is 9.37. The van der Waals surface area contributed by atoms with Crippen molar-refractivity contribution in [3.63, 3.8) is 0 Å². The third kappa shape index (κ3) is 2.93. The van der Waals surface area contributed by atoms with Gasteiger partial charge in [0.2, 0.25) is 0 Å². The highest BCUT2D eigenvalue weighted by molar-refractivity contribution is 4.79. The van der Waals surface area contributed by atoms with Gasteiger partial charge in [0.1, 0.15) is 0 Å². The lowest BCUT2D eigenvalue weighted by atomic mass is 9.92. The molecule has 0 heterocycles. The molecule has 0 bridgehead atoms. The van der Waals surface area contributed by atoms with Crippen LogP contribution in [0, 0.1) is 0 Å². The predicted octanol–water partition coefficient (Wildman–Crippen LogP) is 0.787. The van der Waals surface area contributed by atoms with E-state index in [4.69, 9.17) is 0 Å². The summed E-state index contributed by atoms with van der Waals surface area (Å²) in [5, 5.41) is 12.6. The highest BCUT2D eigenvalue weighted by atomic mass is 16.3. The monoisotopic (exact) mass is 186 g/mol. The summed E-state index contributed by atoms with van der Waals surface area (Å²) in [5.74, 6) is 0. The third-order valence-electron chi connectivity index (χ3n) is 3.27. The van der Waals surface area contributed by atoms with E-state index >= 15 is 0 Å². The summed E-state index contributed by atoms with van der Waals surface area (Å²) in [7, 11) is 4.14. The predicted molar refractivity (Wildman–Crippen MR) is 54.5 cm³/mol. The molecule has 1 rings (SSSR count). The van der Waals surface area contributed by atoms with Crippen molar-refractivity contribution in [3.8, 4) is 0 Å². The van der Waals surface area contributed by atoms with Crippen molar-refractivity contribution in [2.75, 3.05) is 14.1 Å². The smallest absolute Gasteiger partial charge is 0.0565 e. The zero-order valence-electron chi connectivity index (χ0n) is 8.95. The van der Waals surface area contributed by atoms with Crippen molar-refractivity contribution < 1.29 is 5.11 Å². The van der Waals surface area contributed by atoms with E-state index in [-0.39, 0.29) is 6.10 Å². The van der Waals surface area contributed by atoms with E-state index in [1.807, 2.05) is 7.05 Å². The van der Waals surface area contributed by atoms with Crippen LogP contribution in [0.2, 0.25) is 0 Å². The Morgan fingerprint density at radius 3 is 2.31 bits per heavy atom. The first-order valence-electron chi connectivity index (χ1n) is 5.22. The molecule has 0 aromatic carbocycles. The Bertz CT molecular complexity index is 144. The number of hydrogen-bond acceptors (Lipinski definition) is 3. The fourth-order valence-electron chi connectivity index (χ4n) is 1.99. The Labute approximate surface area is 81.1 Å². The molecule has 0 aliphatic heterocycles. The van der Waals surface area contributed by atoms with Gasteiger partial charge in [-0.3, -0.25) is 4.90 Å². The minimum atomic E-state index is -0.0467. The van der Waals surface area contributed by atoms with Gasteiger partial charge in [0, 0.05) is 6.04 Å². The first kappa shape index (κ1) is 11.0. The van der Waals surface area contributed by atoms with Crippen LogP contribution < -0.4 is 5.32 Å². The summed E-state index contributed by atoms with van der Waals surface area (Å²) >= 11 is 0. The van der Waals surface area contributed by atoms with Crippen molar-refractivity contribution in [1.29, 1.82) is 0 Å². The molecule has 1 saturated carbocycles.